The smallest absolute Gasteiger partial charge is 0.233 e. The van der Waals surface area contributed by atoms with E-state index >= 15 is 0 Å². The molecular weight excluding hydrogens is 761 g/mol. The Hall–Kier alpha value is -2.57. The van der Waals surface area contributed by atoms with E-state index in [1.54, 1.807) is 0 Å². The van der Waals surface area contributed by atoms with E-state index in [1.807, 2.05) is 12.1 Å². The lowest BCUT2D eigenvalue weighted by Gasteiger charge is -2.30. The Kier molecular flexibility index (Phi) is 29.6. The predicted molar refractivity (Wildman–Crippen MR) is 274 cm³/mol. The molecule has 0 aliphatic heterocycles. The van der Waals surface area contributed by atoms with Crippen molar-refractivity contribution < 1.29 is 5.11 Å². The second-order valence-electron chi connectivity index (χ2n) is 21.2. The van der Waals surface area contributed by atoms with E-state index in [0.29, 0.717) is 23.6 Å². The minimum atomic E-state index is -0.201. The highest BCUT2D eigenvalue weighted by atomic mass is 16.3. The number of unbranched alkanes of at least 4 members (excludes halogenated alkanes) is 30. The van der Waals surface area contributed by atoms with Crippen LogP contribution >= 0.6 is 0 Å². The number of hydrogen-bond acceptors (Lipinski definition) is 7. The fraction of sp³-hybridized carbons (Fsp3) is 0.836. The normalized spacial score (nSPS) is 12.0. The van der Waals surface area contributed by atoms with Crippen LogP contribution in [0.15, 0.2) is 12.1 Å². The summed E-state index contributed by atoms with van der Waals surface area (Å²) in [5.74, 6) is 2.28. The molecule has 0 atom stereocenters. The van der Waals surface area contributed by atoms with E-state index in [1.165, 1.54) is 193 Å². The zero-order chi connectivity index (χ0) is 45.5. The number of benzene rings is 1. The molecule has 0 aliphatic rings. The van der Waals surface area contributed by atoms with Crippen molar-refractivity contribution in [2.45, 2.75) is 272 Å². The van der Waals surface area contributed by atoms with Crippen molar-refractivity contribution in [1.82, 2.24) is 15.0 Å². The maximum atomic E-state index is 10.8. The Morgan fingerprint density at radius 3 is 0.935 bits per heavy atom. The molecule has 0 aliphatic carbocycles. The molecule has 2 rings (SSSR count). The summed E-state index contributed by atoms with van der Waals surface area (Å²) in [6.07, 6.45) is 43.9. The van der Waals surface area contributed by atoms with Gasteiger partial charge >= 0.3 is 0 Å². The number of nitrogens with one attached hydrogen (secondary N) is 1. The van der Waals surface area contributed by atoms with Gasteiger partial charge in [0.25, 0.3) is 0 Å². The van der Waals surface area contributed by atoms with Crippen LogP contribution in [-0.2, 0) is 10.8 Å². The van der Waals surface area contributed by atoms with Crippen molar-refractivity contribution >= 4 is 23.5 Å². The van der Waals surface area contributed by atoms with Crippen molar-refractivity contribution in [3.8, 4) is 5.75 Å². The van der Waals surface area contributed by atoms with Crippen LogP contribution in [0.25, 0.3) is 0 Å². The van der Waals surface area contributed by atoms with E-state index in [4.69, 9.17) is 15.0 Å². The number of aromatic hydroxyl groups is 1. The van der Waals surface area contributed by atoms with Crippen LogP contribution in [0.5, 0.6) is 5.75 Å². The van der Waals surface area contributed by atoms with E-state index in [2.05, 4.69) is 84.6 Å². The molecule has 1 heterocycles. The monoisotopic (exact) mass is 863 g/mol. The van der Waals surface area contributed by atoms with E-state index in [-0.39, 0.29) is 10.8 Å². The summed E-state index contributed by atoms with van der Waals surface area (Å²) >= 11 is 0. The number of nitrogens with zero attached hydrogens (tertiary/aromatic N) is 5. The lowest BCUT2D eigenvalue weighted by Crippen LogP contribution is -2.26. The molecule has 0 radical (unpaired) electrons. The molecule has 1 aromatic carbocycles. The third-order valence-electron chi connectivity index (χ3n) is 13.0. The number of phenolic OH excluding ortho intramolecular Hbond substituents is 1. The molecule has 7 nitrogen and oxygen atoms in total. The Bertz CT molecular complexity index is 1300. The topological polar surface area (TPSA) is 77.4 Å². The molecule has 0 unspecified atom stereocenters. The summed E-state index contributed by atoms with van der Waals surface area (Å²) in [6, 6.07) is 3.79. The van der Waals surface area contributed by atoms with Gasteiger partial charge in [-0.3, -0.25) is 0 Å². The molecular formula is C55H102N6O. The third kappa shape index (κ3) is 25.1. The van der Waals surface area contributed by atoms with Crippen LogP contribution in [0.1, 0.15) is 272 Å². The van der Waals surface area contributed by atoms with Gasteiger partial charge in [-0.1, -0.05) is 248 Å². The van der Waals surface area contributed by atoms with Crippen molar-refractivity contribution in [3.63, 3.8) is 0 Å². The Labute approximate surface area is 385 Å². The van der Waals surface area contributed by atoms with Gasteiger partial charge in [0.05, 0.1) is 0 Å². The van der Waals surface area contributed by atoms with Gasteiger partial charge in [0, 0.05) is 32.9 Å². The van der Waals surface area contributed by atoms with Gasteiger partial charge in [-0.15, -0.1) is 0 Å². The lowest BCUT2D eigenvalue weighted by atomic mass is 9.78. The molecule has 2 aromatic rings. The summed E-state index contributed by atoms with van der Waals surface area (Å²) in [5.41, 5.74) is 2.68. The fourth-order valence-corrected chi connectivity index (χ4v) is 8.80. The van der Waals surface area contributed by atoms with E-state index in [0.717, 1.165) is 42.7 Å². The molecule has 0 amide bonds. The van der Waals surface area contributed by atoms with E-state index in [9.17, 15) is 5.11 Å². The van der Waals surface area contributed by atoms with Crippen LogP contribution in [0.3, 0.4) is 0 Å². The first-order valence-electron chi connectivity index (χ1n) is 26.6. The van der Waals surface area contributed by atoms with Crippen LogP contribution < -0.4 is 15.1 Å². The number of rotatable bonds is 38. The molecule has 7 heteroatoms. The number of phenols is 1. The van der Waals surface area contributed by atoms with Crippen LogP contribution in [-0.4, -0.2) is 47.2 Å². The lowest BCUT2D eigenvalue weighted by molar-refractivity contribution is 0.466. The zero-order valence-corrected chi connectivity index (χ0v) is 42.9. The van der Waals surface area contributed by atoms with Gasteiger partial charge in [-0.2, -0.15) is 15.0 Å². The summed E-state index contributed by atoms with van der Waals surface area (Å²) in [6.45, 7) is 19.6. The van der Waals surface area contributed by atoms with Crippen LogP contribution in [0.2, 0.25) is 0 Å². The molecule has 0 saturated carbocycles. The standard InChI is InChI=1S/C55H102N6O/c1-11-13-15-17-19-21-23-25-27-29-31-33-35-37-39-41-43-60(9)52-57-51(56-50-48(54(3,4)5)45-47(62)46-49(50)55(6,7)8)58-53(59-52)61(10)44-42-40-38-36-34-32-30-28-26-24-22-20-18-16-14-12-2/h45-46,62H,11-44H2,1-10H3,(H,56,57,58,59). The second-order valence-corrected chi connectivity index (χ2v) is 21.2. The number of anilines is 4. The maximum Gasteiger partial charge on any atom is 0.233 e. The van der Waals surface area contributed by atoms with Crippen molar-refractivity contribution in [1.29, 1.82) is 0 Å². The molecule has 0 bridgehead atoms. The van der Waals surface area contributed by atoms with Crippen molar-refractivity contribution in [2.75, 3.05) is 42.3 Å². The average molecular weight is 863 g/mol. The van der Waals surface area contributed by atoms with Gasteiger partial charge < -0.3 is 20.2 Å². The van der Waals surface area contributed by atoms with Gasteiger partial charge in [-0.25, -0.2) is 0 Å². The van der Waals surface area contributed by atoms with Gasteiger partial charge in [-0.05, 0) is 46.9 Å². The largest absolute Gasteiger partial charge is 0.508 e. The highest BCUT2D eigenvalue weighted by Crippen LogP contribution is 2.42. The Morgan fingerprint density at radius 1 is 0.419 bits per heavy atom. The third-order valence-corrected chi connectivity index (χ3v) is 13.0. The molecule has 2 N–H and O–H groups in total. The molecule has 358 valence electrons. The number of hydrogen-bond donors (Lipinski definition) is 2. The summed E-state index contributed by atoms with van der Waals surface area (Å²) in [7, 11) is 4.26. The fourth-order valence-electron chi connectivity index (χ4n) is 8.80. The quantitative estimate of drug-likeness (QED) is 0.0514. The van der Waals surface area contributed by atoms with Crippen molar-refractivity contribution in [3.05, 3.63) is 23.3 Å². The van der Waals surface area contributed by atoms with Gasteiger partial charge in [0.2, 0.25) is 17.8 Å². The molecule has 0 spiro atoms. The first kappa shape index (κ1) is 55.6. The average Bonchev–Trinajstić information content (AvgIpc) is 3.22. The van der Waals surface area contributed by atoms with Gasteiger partial charge in [0.15, 0.2) is 0 Å². The summed E-state index contributed by atoms with van der Waals surface area (Å²) in [5, 5.41) is 14.5. The predicted octanol–water partition coefficient (Wildman–Crippen LogP) is 17.3. The maximum absolute atomic E-state index is 10.8. The SMILES string of the molecule is CCCCCCCCCCCCCCCCCCN(C)c1nc(Nc2c(C(C)(C)C)cc(O)cc2C(C)(C)C)nc(N(C)CCCCCCCCCCCCCCCCCC)n1. The first-order chi connectivity index (χ1) is 29.8. The second kappa shape index (κ2) is 33.0. The minimum Gasteiger partial charge on any atom is -0.508 e. The molecule has 1 aromatic heterocycles. The minimum absolute atomic E-state index is 0.201. The molecule has 62 heavy (non-hydrogen) atoms. The van der Waals surface area contributed by atoms with Crippen molar-refractivity contribution in [2.24, 2.45) is 0 Å². The molecule has 0 fully saturated rings. The summed E-state index contributed by atoms with van der Waals surface area (Å²) < 4.78 is 0. The zero-order valence-electron chi connectivity index (χ0n) is 42.9. The highest BCUT2D eigenvalue weighted by Gasteiger charge is 2.28. The Balaban J connectivity index is 1.93. The first-order valence-corrected chi connectivity index (χ1v) is 26.6. The van der Waals surface area contributed by atoms with Gasteiger partial charge in [0.1, 0.15) is 5.75 Å². The summed E-state index contributed by atoms with van der Waals surface area (Å²) in [4.78, 5) is 19.6. The highest BCUT2D eigenvalue weighted by molar-refractivity contribution is 5.69. The molecule has 0 saturated heterocycles. The Morgan fingerprint density at radius 2 is 0.677 bits per heavy atom. The van der Waals surface area contributed by atoms with Crippen LogP contribution in [0.4, 0.5) is 23.5 Å². The van der Waals surface area contributed by atoms with Crippen LogP contribution in [0, 0.1) is 0 Å². The van der Waals surface area contributed by atoms with E-state index < -0.39 is 0 Å². The number of aromatic nitrogens is 3.